The van der Waals surface area contributed by atoms with Crippen LogP contribution in [0.2, 0.25) is 10.0 Å². The molecule has 0 aliphatic carbocycles. The molecule has 0 bridgehead atoms. The minimum absolute atomic E-state index is 0.326. The van der Waals surface area contributed by atoms with Gasteiger partial charge in [0.1, 0.15) is 11.5 Å². The second-order valence-electron chi connectivity index (χ2n) is 5.09. The molecule has 0 saturated carbocycles. The van der Waals surface area contributed by atoms with Crippen LogP contribution in [0.5, 0.6) is 11.5 Å². The molecule has 0 radical (unpaired) electrons. The van der Waals surface area contributed by atoms with E-state index in [1.807, 2.05) is 19.1 Å². The molecule has 2 N–H and O–H groups in total. The average Bonchev–Trinajstić information content (AvgIpc) is 2.35. The number of rotatable bonds is 3. The topological polar surface area (TPSA) is 35.2 Å². The van der Waals surface area contributed by atoms with Crippen LogP contribution in [-0.2, 0) is 0 Å². The highest BCUT2D eigenvalue weighted by atomic mass is 35.5. The van der Waals surface area contributed by atoms with E-state index < -0.39 is 0 Å². The lowest BCUT2D eigenvalue weighted by molar-refractivity contribution is 0.478. The Balaban J connectivity index is 2.40. The molecule has 106 valence electrons. The van der Waals surface area contributed by atoms with Gasteiger partial charge in [0.05, 0.1) is 5.02 Å². The summed E-state index contributed by atoms with van der Waals surface area (Å²) in [5.41, 5.74) is 8.31. The molecular formula is C16H17Cl2NO. The zero-order chi connectivity index (χ0) is 14.9. The molecule has 0 saturated heterocycles. The van der Waals surface area contributed by atoms with Crippen molar-refractivity contribution in [1.29, 1.82) is 0 Å². The summed E-state index contributed by atoms with van der Waals surface area (Å²) in [4.78, 5) is 0. The van der Waals surface area contributed by atoms with Gasteiger partial charge in [-0.1, -0.05) is 37.0 Å². The number of nitrogen functional groups attached to an aromatic ring is 1. The Kier molecular flexibility index (Phi) is 4.46. The quantitative estimate of drug-likeness (QED) is 0.727. The Hall–Kier alpha value is -1.38. The maximum atomic E-state index is 6.25. The van der Waals surface area contributed by atoms with Gasteiger partial charge in [0, 0.05) is 10.7 Å². The highest BCUT2D eigenvalue weighted by Gasteiger charge is 2.12. The molecule has 0 spiro atoms. The maximum absolute atomic E-state index is 6.25. The Morgan fingerprint density at radius 2 is 1.70 bits per heavy atom. The molecule has 0 aliphatic heterocycles. The van der Waals surface area contributed by atoms with Crippen molar-refractivity contribution in [2.75, 3.05) is 5.73 Å². The van der Waals surface area contributed by atoms with Gasteiger partial charge in [0.25, 0.3) is 0 Å². The third-order valence-electron chi connectivity index (χ3n) is 3.09. The fourth-order valence-corrected chi connectivity index (χ4v) is 2.60. The molecule has 0 aliphatic rings. The zero-order valence-electron chi connectivity index (χ0n) is 11.7. The van der Waals surface area contributed by atoms with Gasteiger partial charge < -0.3 is 10.5 Å². The van der Waals surface area contributed by atoms with Gasteiger partial charge in [0.15, 0.2) is 0 Å². The van der Waals surface area contributed by atoms with Crippen molar-refractivity contribution < 1.29 is 4.74 Å². The molecule has 2 nitrogen and oxygen atoms in total. The lowest BCUT2D eigenvalue weighted by Gasteiger charge is -2.15. The molecule has 20 heavy (non-hydrogen) atoms. The summed E-state index contributed by atoms with van der Waals surface area (Å²) < 4.78 is 5.89. The average molecular weight is 310 g/mol. The first-order valence-electron chi connectivity index (χ1n) is 6.41. The maximum Gasteiger partial charge on any atom is 0.146 e. The number of anilines is 1. The fraction of sp³-hybridized carbons (Fsp3) is 0.250. The Morgan fingerprint density at radius 3 is 2.30 bits per heavy atom. The molecule has 0 heterocycles. The summed E-state index contributed by atoms with van der Waals surface area (Å²) in [6, 6.07) is 9.08. The monoisotopic (exact) mass is 309 g/mol. The van der Waals surface area contributed by atoms with E-state index >= 15 is 0 Å². The van der Waals surface area contributed by atoms with Crippen LogP contribution in [0.3, 0.4) is 0 Å². The molecule has 4 heteroatoms. The van der Waals surface area contributed by atoms with E-state index in [1.54, 1.807) is 18.2 Å². The zero-order valence-corrected chi connectivity index (χ0v) is 13.2. The van der Waals surface area contributed by atoms with E-state index in [0.717, 1.165) is 21.9 Å². The molecule has 0 fully saturated rings. The van der Waals surface area contributed by atoms with Crippen LogP contribution in [0.4, 0.5) is 5.69 Å². The molecule has 0 aromatic heterocycles. The van der Waals surface area contributed by atoms with Crippen LogP contribution in [-0.4, -0.2) is 0 Å². The summed E-state index contributed by atoms with van der Waals surface area (Å²) in [6.45, 7) is 6.14. The largest absolute Gasteiger partial charge is 0.456 e. The Labute approximate surface area is 129 Å². The number of halogens is 2. The summed E-state index contributed by atoms with van der Waals surface area (Å²) in [6.07, 6.45) is 0. The van der Waals surface area contributed by atoms with E-state index in [-0.39, 0.29) is 0 Å². The summed E-state index contributed by atoms with van der Waals surface area (Å²) in [5.74, 6) is 1.66. The van der Waals surface area contributed by atoms with Crippen LogP contribution in [0, 0.1) is 6.92 Å². The number of aryl methyl sites for hydroxylation is 1. The van der Waals surface area contributed by atoms with Crippen molar-refractivity contribution in [1.82, 2.24) is 0 Å². The van der Waals surface area contributed by atoms with Crippen LogP contribution in [0.25, 0.3) is 0 Å². The van der Waals surface area contributed by atoms with Crippen LogP contribution in [0.1, 0.15) is 30.9 Å². The standard InChI is InChI=1S/C16H17Cl2NO/c1-9(2)12-8-16(10(3)6-13(12)17)20-15-5-4-11(19)7-14(15)18/h4-9H,19H2,1-3H3. The van der Waals surface area contributed by atoms with Crippen molar-refractivity contribution >= 4 is 28.9 Å². The molecule has 0 unspecified atom stereocenters. The number of hydrogen-bond donors (Lipinski definition) is 1. The highest BCUT2D eigenvalue weighted by molar-refractivity contribution is 6.32. The van der Waals surface area contributed by atoms with Crippen molar-refractivity contribution in [2.24, 2.45) is 0 Å². The van der Waals surface area contributed by atoms with Crippen LogP contribution >= 0.6 is 23.2 Å². The van der Waals surface area contributed by atoms with Gasteiger partial charge in [-0.15, -0.1) is 0 Å². The van der Waals surface area contributed by atoms with Crippen molar-refractivity contribution in [3.63, 3.8) is 0 Å². The second kappa shape index (κ2) is 5.94. The minimum Gasteiger partial charge on any atom is -0.456 e. The number of hydrogen-bond acceptors (Lipinski definition) is 2. The second-order valence-corrected chi connectivity index (χ2v) is 5.90. The van der Waals surface area contributed by atoms with E-state index in [0.29, 0.717) is 22.4 Å². The molecule has 2 aromatic carbocycles. The van der Waals surface area contributed by atoms with Gasteiger partial charge in [0.2, 0.25) is 0 Å². The molecule has 2 rings (SSSR count). The van der Waals surface area contributed by atoms with E-state index in [9.17, 15) is 0 Å². The molecule has 2 aromatic rings. The van der Waals surface area contributed by atoms with E-state index in [2.05, 4.69) is 13.8 Å². The third-order valence-corrected chi connectivity index (χ3v) is 3.71. The Bertz CT molecular complexity index is 639. The van der Waals surface area contributed by atoms with Gasteiger partial charge in [-0.3, -0.25) is 0 Å². The van der Waals surface area contributed by atoms with Crippen molar-refractivity contribution in [3.8, 4) is 11.5 Å². The first-order valence-corrected chi connectivity index (χ1v) is 7.17. The SMILES string of the molecule is Cc1cc(Cl)c(C(C)C)cc1Oc1ccc(N)cc1Cl. The minimum atomic E-state index is 0.326. The lowest BCUT2D eigenvalue weighted by Crippen LogP contribution is -1.95. The molecular weight excluding hydrogens is 293 g/mol. The highest BCUT2D eigenvalue weighted by Crippen LogP contribution is 2.36. The van der Waals surface area contributed by atoms with Gasteiger partial charge >= 0.3 is 0 Å². The molecule has 0 amide bonds. The number of benzene rings is 2. The molecule has 0 atom stereocenters. The van der Waals surface area contributed by atoms with Crippen LogP contribution < -0.4 is 10.5 Å². The van der Waals surface area contributed by atoms with E-state index in [1.165, 1.54) is 0 Å². The first-order chi connectivity index (χ1) is 9.38. The van der Waals surface area contributed by atoms with E-state index in [4.69, 9.17) is 33.7 Å². The summed E-state index contributed by atoms with van der Waals surface area (Å²) in [5, 5.41) is 1.25. The predicted molar refractivity (Wildman–Crippen MR) is 86.2 cm³/mol. The third kappa shape index (κ3) is 3.20. The normalized spacial score (nSPS) is 10.9. The van der Waals surface area contributed by atoms with Crippen molar-refractivity contribution in [3.05, 3.63) is 51.5 Å². The fourth-order valence-electron chi connectivity index (χ4n) is 1.94. The number of ether oxygens (including phenoxy) is 1. The first kappa shape index (κ1) is 15.0. The van der Waals surface area contributed by atoms with Crippen molar-refractivity contribution in [2.45, 2.75) is 26.7 Å². The summed E-state index contributed by atoms with van der Waals surface area (Å²) >= 11 is 12.4. The summed E-state index contributed by atoms with van der Waals surface area (Å²) in [7, 11) is 0. The predicted octanol–water partition coefficient (Wildman–Crippen LogP) is 5.80. The van der Waals surface area contributed by atoms with Gasteiger partial charge in [-0.25, -0.2) is 0 Å². The number of nitrogens with two attached hydrogens (primary N) is 1. The van der Waals surface area contributed by atoms with Crippen LogP contribution in [0.15, 0.2) is 30.3 Å². The lowest BCUT2D eigenvalue weighted by atomic mass is 10.0. The van der Waals surface area contributed by atoms with Gasteiger partial charge in [-0.05, 0) is 54.3 Å². The smallest absolute Gasteiger partial charge is 0.146 e. The van der Waals surface area contributed by atoms with Gasteiger partial charge in [-0.2, -0.15) is 0 Å². The Morgan fingerprint density at radius 1 is 1.00 bits per heavy atom.